The molecule has 0 aromatic carbocycles. The average Bonchev–Trinajstić information content (AvgIpc) is 2.99. The van der Waals surface area contributed by atoms with E-state index in [9.17, 15) is 0 Å². The molecule has 18 heavy (non-hydrogen) atoms. The summed E-state index contributed by atoms with van der Waals surface area (Å²) in [5, 5.41) is 9.23. The fraction of sp³-hybridized carbons (Fsp3) is 0.750. The summed E-state index contributed by atoms with van der Waals surface area (Å²) < 4.78 is 0. The third-order valence-electron chi connectivity index (χ3n) is 6.57. The Morgan fingerprint density at radius 3 is 2.44 bits per heavy atom. The second-order valence-electron chi connectivity index (χ2n) is 7.74. The van der Waals surface area contributed by atoms with Crippen LogP contribution in [0.15, 0.2) is 6.07 Å². The van der Waals surface area contributed by atoms with Crippen LogP contribution in [0.4, 0.5) is 0 Å². The van der Waals surface area contributed by atoms with Crippen molar-refractivity contribution in [2.75, 3.05) is 0 Å². The Morgan fingerprint density at radius 2 is 1.78 bits per heavy atom. The number of fused-ring (bicyclic) bond motifs is 5. The predicted molar refractivity (Wildman–Crippen MR) is 71.7 cm³/mol. The van der Waals surface area contributed by atoms with Crippen molar-refractivity contribution in [2.24, 2.45) is 5.41 Å². The summed E-state index contributed by atoms with van der Waals surface area (Å²) in [6.07, 6.45) is 5.18. The number of aromatic nitrogens is 2. The molecular weight excluding hydrogens is 220 g/mol. The van der Waals surface area contributed by atoms with Crippen LogP contribution in [-0.4, -0.2) is 10.2 Å². The van der Waals surface area contributed by atoms with E-state index in [1.54, 1.807) is 0 Å². The minimum atomic E-state index is 0.253. The van der Waals surface area contributed by atoms with Crippen LogP contribution in [0.1, 0.15) is 76.2 Å². The largest absolute Gasteiger partial charge is 0.155 e. The van der Waals surface area contributed by atoms with E-state index in [1.165, 1.54) is 42.6 Å². The first-order chi connectivity index (χ1) is 8.38. The highest BCUT2D eigenvalue weighted by molar-refractivity contribution is 5.46. The third kappa shape index (κ3) is 1.02. The molecule has 1 heterocycles. The Morgan fingerprint density at radius 1 is 1.06 bits per heavy atom. The normalized spacial score (nSPS) is 37.7. The van der Waals surface area contributed by atoms with Crippen LogP contribution in [0, 0.1) is 5.41 Å². The molecule has 96 valence electrons. The van der Waals surface area contributed by atoms with E-state index in [2.05, 4.69) is 44.0 Å². The number of nitrogens with zero attached hydrogens (tertiary/aromatic N) is 2. The van der Waals surface area contributed by atoms with Gasteiger partial charge in [0.05, 0.1) is 11.4 Å². The van der Waals surface area contributed by atoms with E-state index >= 15 is 0 Å². The molecule has 2 atom stereocenters. The molecular formula is C16H22N2. The first kappa shape index (κ1) is 11.0. The third-order valence-corrected chi connectivity index (χ3v) is 6.57. The van der Waals surface area contributed by atoms with E-state index in [0.717, 1.165) is 0 Å². The first-order valence-corrected chi connectivity index (χ1v) is 7.27. The summed E-state index contributed by atoms with van der Waals surface area (Å²) in [5.41, 5.74) is 5.02. The van der Waals surface area contributed by atoms with Gasteiger partial charge < -0.3 is 0 Å². The molecule has 2 nitrogen and oxygen atoms in total. The highest BCUT2D eigenvalue weighted by atomic mass is 15.1. The lowest BCUT2D eigenvalue weighted by atomic mass is 9.70. The van der Waals surface area contributed by atoms with Gasteiger partial charge in [0, 0.05) is 10.8 Å². The predicted octanol–water partition coefficient (Wildman–Crippen LogP) is 3.70. The van der Waals surface area contributed by atoms with Crippen LogP contribution < -0.4 is 0 Å². The fourth-order valence-corrected chi connectivity index (χ4v) is 4.31. The summed E-state index contributed by atoms with van der Waals surface area (Å²) in [5.74, 6) is 0.703. The summed E-state index contributed by atoms with van der Waals surface area (Å²) in [6, 6.07) is 2.40. The van der Waals surface area contributed by atoms with E-state index in [0.29, 0.717) is 16.7 Å². The Kier molecular flexibility index (Phi) is 1.71. The van der Waals surface area contributed by atoms with Gasteiger partial charge in [0.25, 0.3) is 0 Å². The molecule has 4 rings (SSSR count). The molecule has 1 aromatic heterocycles. The minimum absolute atomic E-state index is 0.253. The summed E-state index contributed by atoms with van der Waals surface area (Å²) in [6.45, 7) is 9.56. The molecule has 0 amide bonds. The molecule has 0 aliphatic heterocycles. The molecule has 2 saturated carbocycles. The number of rotatable bonds is 1. The van der Waals surface area contributed by atoms with Gasteiger partial charge in [0.1, 0.15) is 0 Å². The van der Waals surface area contributed by atoms with E-state index < -0.39 is 0 Å². The van der Waals surface area contributed by atoms with Gasteiger partial charge in [-0.2, -0.15) is 10.2 Å². The van der Waals surface area contributed by atoms with Gasteiger partial charge in [-0.3, -0.25) is 0 Å². The zero-order valence-electron chi connectivity index (χ0n) is 11.9. The quantitative estimate of drug-likeness (QED) is 0.750. The molecule has 0 spiro atoms. The number of hydrogen-bond donors (Lipinski definition) is 0. The van der Waals surface area contributed by atoms with Gasteiger partial charge in [-0.25, -0.2) is 0 Å². The summed E-state index contributed by atoms with van der Waals surface area (Å²) in [4.78, 5) is 0. The summed E-state index contributed by atoms with van der Waals surface area (Å²) >= 11 is 0. The lowest BCUT2D eigenvalue weighted by Gasteiger charge is -2.33. The Hall–Kier alpha value is -0.920. The molecule has 3 aliphatic carbocycles. The monoisotopic (exact) mass is 242 g/mol. The smallest absolute Gasteiger partial charge is 0.0730 e. The molecule has 2 heteroatoms. The maximum Gasteiger partial charge on any atom is 0.0730 e. The number of hydrogen-bond acceptors (Lipinski definition) is 2. The second-order valence-corrected chi connectivity index (χ2v) is 7.74. The molecule has 0 radical (unpaired) electrons. The van der Waals surface area contributed by atoms with Crippen molar-refractivity contribution in [1.82, 2.24) is 10.2 Å². The van der Waals surface area contributed by atoms with Gasteiger partial charge >= 0.3 is 0 Å². The molecule has 2 fully saturated rings. The highest BCUT2D eigenvalue weighted by Crippen LogP contribution is 2.67. The van der Waals surface area contributed by atoms with Crippen LogP contribution in [0.3, 0.4) is 0 Å². The zero-order chi connectivity index (χ0) is 12.8. The van der Waals surface area contributed by atoms with Crippen molar-refractivity contribution in [3.05, 3.63) is 23.0 Å². The highest BCUT2D eigenvalue weighted by Gasteiger charge is 2.61. The minimum Gasteiger partial charge on any atom is -0.155 e. The fourth-order valence-electron chi connectivity index (χ4n) is 4.31. The first-order valence-electron chi connectivity index (χ1n) is 7.27. The van der Waals surface area contributed by atoms with Crippen molar-refractivity contribution in [2.45, 2.75) is 70.1 Å². The molecule has 1 aromatic rings. The topological polar surface area (TPSA) is 25.8 Å². The van der Waals surface area contributed by atoms with Crippen molar-refractivity contribution in [1.29, 1.82) is 0 Å². The van der Waals surface area contributed by atoms with Crippen LogP contribution in [0.5, 0.6) is 0 Å². The van der Waals surface area contributed by atoms with Crippen LogP contribution in [0.25, 0.3) is 0 Å². The van der Waals surface area contributed by atoms with Crippen molar-refractivity contribution >= 4 is 0 Å². The van der Waals surface area contributed by atoms with Gasteiger partial charge in [0.2, 0.25) is 0 Å². The van der Waals surface area contributed by atoms with Gasteiger partial charge in [0.15, 0.2) is 0 Å². The van der Waals surface area contributed by atoms with Crippen molar-refractivity contribution in [3.8, 4) is 0 Å². The lowest BCUT2D eigenvalue weighted by Crippen LogP contribution is -2.32. The zero-order valence-corrected chi connectivity index (χ0v) is 11.9. The van der Waals surface area contributed by atoms with Gasteiger partial charge in [-0.05, 0) is 48.6 Å². The van der Waals surface area contributed by atoms with Gasteiger partial charge in [-0.15, -0.1) is 0 Å². The molecule has 0 N–H and O–H groups in total. The molecule has 0 saturated heterocycles. The Balaban J connectivity index is 1.90. The molecule has 3 aliphatic rings. The molecule has 0 unspecified atom stereocenters. The lowest BCUT2D eigenvalue weighted by molar-refractivity contribution is 0.226. The maximum absolute atomic E-state index is 4.67. The van der Waals surface area contributed by atoms with E-state index in [4.69, 9.17) is 0 Å². The van der Waals surface area contributed by atoms with Crippen LogP contribution in [0.2, 0.25) is 0 Å². The second kappa shape index (κ2) is 2.81. The standard InChI is InChI=1S/C16H22N2/c1-14(2)11-5-6-16(14,4)13-10(11)9-12(17-18-13)15(3)7-8-15/h9,11H,5-8H2,1-4H3/t11-,16+/m0/s1. The Labute approximate surface area is 109 Å². The average molecular weight is 242 g/mol. The van der Waals surface area contributed by atoms with Crippen LogP contribution >= 0.6 is 0 Å². The van der Waals surface area contributed by atoms with E-state index in [-0.39, 0.29) is 5.41 Å². The van der Waals surface area contributed by atoms with Gasteiger partial charge in [-0.1, -0.05) is 27.7 Å². The van der Waals surface area contributed by atoms with Crippen molar-refractivity contribution < 1.29 is 0 Å². The van der Waals surface area contributed by atoms with Crippen LogP contribution in [-0.2, 0) is 10.8 Å². The molecule has 2 bridgehead atoms. The maximum atomic E-state index is 4.67. The summed E-state index contributed by atoms with van der Waals surface area (Å²) in [7, 11) is 0. The Bertz CT molecular complexity index is 542. The van der Waals surface area contributed by atoms with Crippen molar-refractivity contribution in [3.63, 3.8) is 0 Å². The van der Waals surface area contributed by atoms with E-state index in [1.807, 2.05) is 0 Å². The SMILES string of the molecule is CC1(c2cc3c(nn2)[C@@]2(C)CC[C@@H]3C2(C)C)CC1.